The molecular weight excluding hydrogens is 176 g/mol. The van der Waals surface area contributed by atoms with E-state index in [2.05, 4.69) is 31.2 Å². The highest BCUT2D eigenvalue weighted by atomic mass is 16.5. The molecule has 0 saturated carbocycles. The van der Waals surface area contributed by atoms with Gasteiger partial charge in [-0.25, -0.2) is 0 Å². The van der Waals surface area contributed by atoms with Crippen molar-refractivity contribution in [3.63, 3.8) is 0 Å². The van der Waals surface area contributed by atoms with Crippen molar-refractivity contribution >= 4 is 0 Å². The van der Waals surface area contributed by atoms with Crippen LogP contribution in [0.15, 0.2) is 0 Å². The lowest BCUT2D eigenvalue weighted by Gasteiger charge is -2.12. The molecule has 0 aliphatic rings. The summed E-state index contributed by atoms with van der Waals surface area (Å²) < 4.78 is 5.07. The summed E-state index contributed by atoms with van der Waals surface area (Å²) >= 11 is 0. The first-order chi connectivity index (χ1) is 6.66. The van der Waals surface area contributed by atoms with Gasteiger partial charge in [-0.2, -0.15) is 0 Å². The van der Waals surface area contributed by atoms with Crippen LogP contribution in [0.3, 0.4) is 0 Å². The van der Waals surface area contributed by atoms with Crippen molar-refractivity contribution in [2.75, 3.05) is 47.4 Å². The summed E-state index contributed by atoms with van der Waals surface area (Å²) in [6.07, 6.45) is 2.54. The van der Waals surface area contributed by atoms with Crippen LogP contribution in [0, 0.1) is 5.92 Å². The fourth-order valence-corrected chi connectivity index (χ4v) is 1.37. The van der Waals surface area contributed by atoms with E-state index in [1.165, 1.54) is 19.4 Å². The largest absolute Gasteiger partial charge is 0.384 e. The number of methoxy groups -OCH3 is 1. The summed E-state index contributed by atoms with van der Waals surface area (Å²) in [5, 5.41) is 3.45. The summed E-state index contributed by atoms with van der Waals surface area (Å²) in [6.45, 7) is 6.44. The highest BCUT2D eigenvalue weighted by molar-refractivity contribution is 4.56. The second-order valence-corrected chi connectivity index (χ2v) is 4.28. The minimum absolute atomic E-state index is 0.619. The molecule has 0 aromatic rings. The number of rotatable bonds is 9. The lowest BCUT2D eigenvalue weighted by Crippen LogP contribution is -2.25. The zero-order valence-electron chi connectivity index (χ0n) is 10.2. The standard InChI is InChI=1S/C11H26N2O/c1-11(10-14-4)9-12-7-5-6-8-13(2)3/h11-12H,5-10H2,1-4H3. The smallest absolute Gasteiger partial charge is 0.0499 e. The van der Waals surface area contributed by atoms with Gasteiger partial charge in [0.05, 0.1) is 0 Å². The molecule has 0 heterocycles. The predicted octanol–water partition coefficient (Wildman–Crippen LogP) is 1.20. The second kappa shape index (κ2) is 9.44. The fraction of sp³-hybridized carbons (Fsp3) is 1.00. The summed E-state index contributed by atoms with van der Waals surface area (Å²) in [5.74, 6) is 0.619. The Labute approximate surface area is 88.8 Å². The van der Waals surface area contributed by atoms with Gasteiger partial charge >= 0.3 is 0 Å². The van der Waals surface area contributed by atoms with Crippen LogP contribution in [0.2, 0.25) is 0 Å². The average molecular weight is 202 g/mol. The van der Waals surface area contributed by atoms with Crippen LogP contribution >= 0.6 is 0 Å². The Kier molecular flexibility index (Phi) is 9.35. The first-order valence-corrected chi connectivity index (χ1v) is 5.51. The Morgan fingerprint density at radius 2 is 2.00 bits per heavy atom. The number of ether oxygens (including phenoxy) is 1. The highest BCUT2D eigenvalue weighted by Crippen LogP contribution is 1.93. The van der Waals surface area contributed by atoms with Crippen molar-refractivity contribution < 1.29 is 4.74 Å². The number of hydrogen-bond donors (Lipinski definition) is 1. The SMILES string of the molecule is COCC(C)CNCCCCN(C)C. The van der Waals surface area contributed by atoms with E-state index in [0.29, 0.717) is 5.92 Å². The Hall–Kier alpha value is -0.120. The van der Waals surface area contributed by atoms with Crippen LogP contribution in [0.5, 0.6) is 0 Å². The molecule has 0 spiro atoms. The van der Waals surface area contributed by atoms with E-state index in [9.17, 15) is 0 Å². The number of nitrogens with one attached hydrogen (secondary N) is 1. The first kappa shape index (κ1) is 13.9. The van der Waals surface area contributed by atoms with E-state index in [-0.39, 0.29) is 0 Å². The van der Waals surface area contributed by atoms with E-state index in [1.807, 2.05) is 0 Å². The number of unbranched alkanes of at least 4 members (excludes halogenated alkanes) is 1. The van der Waals surface area contributed by atoms with Crippen LogP contribution in [0.4, 0.5) is 0 Å². The molecule has 3 nitrogen and oxygen atoms in total. The maximum atomic E-state index is 5.07. The number of hydrogen-bond acceptors (Lipinski definition) is 3. The van der Waals surface area contributed by atoms with Gasteiger partial charge in [-0.15, -0.1) is 0 Å². The normalized spacial score (nSPS) is 13.5. The minimum atomic E-state index is 0.619. The molecule has 0 bridgehead atoms. The Morgan fingerprint density at radius 3 is 2.57 bits per heavy atom. The van der Waals surface area contributed by atoms with Gasteiger partial charge in [-0.1, -0.05) is 6.92 Å². The van der Waals surface area contributed by atoms with Crippen molar-refractivity contribution in [3.8, 4) is 0 Å². The van der Waals surface area contributed by atoms with Gasteiger partial charge in [-0.05, 0) is 52.5 Å². The van der Waals surface area contributed by atoms with Crippen molar-refractivity contribution in [3.05, 3.63) is 0 Å². The van der Waals surface area contributed by atoms with Crippen LogP contribution in [0.1, 0.15) is 19.8 Å². The van der Waals surface area contributed by atoms with Gasteiger partial charge in [0.15, 0.2) is 0 Å². The third-order valence-electron chi connectivity index (χ3n) is 2.15. The highest BCUT2D eigenvalue weighted by Gasteiger charge is 1.99. The molecule has 0 aliphatic heterocycles. The van der Waals surface area contributed by atoms with Crippen LogP contribution < -0.4 is 5.32 Å². The van der Waals surface area contributed by atoms with Gasteiger partial charge in [0.1, 0.15) is 0 Å². The molecule has 0 fully saturated rings. The summed E-state index contributed by atoms with van der Waals surface area (Å²) in [4.78, 5) is 2.23. The third kappa shape index (κ3) is 9.96. The second-order valence-electron chi connectivity index (χ2n) is 4.28. The Balaban J connectivity index is 3.05. The quantitative estimate of drug-likeness (QED) is 0.569. The first-order valence-electron chi connectivity index (χ1n) is 5.51. The Bertz CT molecular complexity index is 118. The summed E-state index contributed by atoms with van der Waals surface area (Å²) in [7, 11) is 6.00. The maximum Gasteiger partial charge on any atom is 0.0499 e. The fourth-order valence-electron chi connectivity index (χ4n) is 1.37. The predicted molar refractivity (Wildman–Crippen MR) is 61.7 cm³/mol. The topological polar surface area (TPSA) is 24.5 Å². The zero-order valence-corrected chi connectivity index (χ0v) is 10.2. The third-order valence-corrected chi connectivity index (χ3v) is 2.15. The molecule has 0 saturated heterocycles. The molecule has 0 radical (unpaired) electrons. The lowest BCUT2D eigenvalue weighted by atomic mass is 10.2. The van der Waals surface area contributed by atoms with Gasteiger partial charge < -0.3 is 15.0 Å². The van der Waals surface area contributed by atoms with Gasteiger partial charge in [0, 0.05) is 13.7 Å². The van der Waals surface area contributed by atoms with Gasteiger partial charge in [-0.3, -0.25) is 0 Å². The van der Waals surface area contributed by atoms with Crippen LogP contribution in [0.25, 0.3) is 0 Å². The zero-order chi connectivity index (χ0) is 10.8. The molecule has 0 aromatic carbocycles. The summed E-state index contributed by atoms with van der Waals surface area (Å²) in [5.41, 5.74) is 0. The molecule has 14 heavy (non-hydrogen) atoms. The van der Waals surface area contributed by atoms with Crippen molar-refractivity contribution in [1.29, 1.82) is 0 Å². The molecule has 1 atom stereocenters. The maximum absolute atomic E-state index is 5.07. The van der Waals surface area contributed by atoms with E-state index in [1.54, 1.807) is 7.11 Å². The molecule has 0 aliphatic carbocycles. The van der Waals surface area contributed by atoms with E-state index >= 15 is 0 Å². The average Bonchev–Trinajstić information content (AvgIpc) is 2.11. The lowest BCUT2D eigenvalue weighted by molar-refractivity contribution is 0.158. The number of nitrogens with zero attached hydrogens (tertiary/aromatic N) is 1. The molecular formula is C11H26N2O. The molecule has 0 aromatic heterocycles. The summed E-state index contributed by atoms with van der Waals surface area (Å²) in [6, 6.07) is 0. The molecule has 86 valence electrons. The molecule has 3 heteroatoms. The van der Waals surface area contributed by atoms with Gasteiger partial charge in [0.25, 0.3) is 0 Å². The molecule has 0 amide bonds. The van der Waals surface area contributed by atoms with E-state index in [4.69, 9.17) is 4.74 Å². The van der Waals surface area contributed by atoms with Crippen molar-refractivity contribution in [2.45, 2.75) is 19.8 Å². The monoisotopic (exact) mass is 202 g/mol. The molecule has 1 N–H and O–H groups in total. The molecule has 1 unspecified atom stereocenters. The Morgan fingerprint density at radius 1 is 1.29 bits per heavy atom. The van der Waals surface area contributed by atoms with Crippen LogP contribution in [-0.2, 0) is 4.74 Å². The van der Waals surface area contributed by atoms with Crippen molar-refractivity contribution in [2.24, 2.45) is 5.92 Å². The van der Waals surface area contributed by atoms with E-state index in [0.717, 1.165) is 19.7 Å². The van der Waals surface area contributed by atoms with E-state index < -0.39 is 0 Å². The minimum Gasteiger partial charge on any atom is -0.384 e. The van der Waals surface area contributed by atoms with Crippen molar-refractivity contribution in [1.82, 2.24) is 10.2 Å². The van der Waals surface area contributed by atoms with Gasteiger partial charge in [0.2, 0.25) is 0 Å². The van der Waals surface area contributed by atoms with Crippen LogP contribution in [-0.4, -0.2) is 52.3 Å². The molecule has 0 rings (SSSR count).